The lowest BCUT2D eigenvalue weighted by molar-refractivity contribution is -0.137. The first-order valence-corrected chi connectivity index (χ1v) is 6.48. The minimum atomic E-state index is -0.774. The van der Waals surface area contributed by atoms with Crippen molar-refractivity contribution in [3.8, 4) is 0 Å². The van der Waals surface area contributed by atoms with Crippen molar-refractivity contribution in [1.29, 1.82) is 0 Å². The maximum Gasteiger partial charge on any atom is 0.303 e. The largest absolute Gasteiger partial charge is 0.481 e. The number of carboxylic acids is 1. The summed E-state index contributed by atoms with van der Waals surface area (Å²) in [5, 5.41) is 11.5. The van der Waals surface area contributed by atoms with Gasteiger partial charge in [-0.05, 0) is 31.2 Å². The van der Waals surface area contributed by atoms with Gasteiger partial charge in [-0.2, -0.15) is 0 Å². The van der Waals surface area contributed by atoms with Gasteiger partial charge in [-0.15, -0.1) is 0 Å². The van der Waals surface area contributed by atoms with Gasteiger partial charge in [0.2, 0.25) is 5.91 Å². The van der Waals surface area contributed by atoms with Crippen molar-refractivity contribution >= 4 is 11.9 Å². The van der Waals surface area contributed by atoms with E-state index in [2.05, 4.69) is 5.32 Å². The number of nitrogens with two attached hydrogens (primary N) is 1. The fourth-order valence-corrected chi connectivity index (χ4v) is 1.65. The van der Waals surface area contributed by atoms with Gasteiger partial charge in [0.1, 0.15) is 0 Å². The van der Waals surface area contributed by atoms with E-state index in [1.54, 1.807) is 0 Å². The third kappa shape index (κ3) is 8.06. The molecule has 18 heavy (non-hydrogen) atoms. The smallest absolute Gasteiger partial charge is 0.303 e. The van der Waals surface area contributed by atoms with Crippen molar-refractivity contribution in [2.24, 2.45) is 17.1 Å². The number of carboxylic acid groups (broad SMARTS) is 1. The molecule has 0 aliphatic rings. The van der Waals surface area contributed by atoms with Crippen molar-refractivity contribution in [2.75, 3.05) is 13.1 Å². The summed E-state index contributed by atoms with van der Waals surface area (Å²) in [7, 11) is 0. The zero-order chi connectivity index (χ0) is 14.2. The number of carbonyl (C=O) groups excluding carboxylic acids is 1. The van der Waals surface area contributed by atoms with Crippen LogP contribution in [0, 0.1) is 11.3 Å². The molecule has 0 saturated carbocycles. The molecule has 0 aromatic heterocycles. The number of rotatable bonds is 9. The average Bonchev–Trinajstić information content (AvgIpc) is 2.26. The van der Waals surface area contributed by atoms with Gasteiger partial charge >= 0.3 is 5.97 Å². The zero-order valence-electron chi connectivity index (χ0n) is 11.7. The molecule has 0 fully saturated rings. The van der Waals surface area contributed by atoms with Crippen molar-refractivity contribution in [2.45, 2.75) is 46.5 Å². The predicted octanol–water partition coefficient (Wildman–Crippen LogP) is 1.37. The number of amides is 1. The zero-order valence-corrected chi connectivity index (χ0v) is 11.7. The van der Waals surface area contributed by atoms with Crippen LogP contribution in [-0.2, 0) is 9.59 Å². The van der Waals surface area contributed by atoms with E-state index in [0.29, 0.717) is 25.9 Å². The molecule has 0 bridgehead atoms. The number of hydrogen-bond acceptors (Lipinski definition) is 3. The van der Waals surface area contributed by atoms with Crippen LogP contribution < -0.4 is 11.1 Å². The van der Waals surface area contributed by atoms with E-state index in [4.69, 9.17) is 10.8 Å². The third-order valence-electron chi connectivity index (χ3n) is 3.16. The van der Waals surface area contributed by atoms with Gasteiger partial charge in [0.05, 0.1) is 0 Å². The lowest BCUT2D eigenvalue weighted by Crippen LogP contribution is -2.33. The van der Waals surface area contributed by atoms with E-state index < -0.39 is 5.97 Å². The van der Waals surface area contributed by atoms with Crippen LogP contribution in [0.3, 0.4) is 0 Å². The van der Waals surface area contributed by atoms with Crippen molar-refractivity contribution in [3.63, 3.8) is 0 Å². The molecule has 0 spiro atoms. The van der Waals surface area contributed by atoms with Gasteiger partial charge < -0.3 is 16.2 Å². The first-order chi connectivity index (χ1) is 8.28. The topological polar surface area (TPSA) is 92.4 Å². The summed E-state index contributed by atoms with van der Waals surface area (Å²) in [6, 6.07) is 0. The maximum atomic E-state index is 11.6. The predicted molar refractivity (Wildman–Crippen MR) is 71.1 cm³/mol. The average molecular weight is 258 g/mol. The number of nitrogens with one attached hydrogen (secondary N) is 1. The Bertz CT molecular complexity index is 277. The molecule has 5 heteroatoms. The van der Waals surface area contributed by atoms with Crippen LogP contribution in [-0.4, -0.2) is 30.1 Å². The van der Waals surface area contributed by atoms with Crippen molar-refractivity contribution in [3.05, 3.63) is 0 Å². The molecule has 4 N–H and O–H groups in total. The molecule has 0 aliphatic heterocycles. The summed E-state index contributed by atoms with van der Waals surface area (Å²) in [5.41, 5.74) is 5.33. The number of carbonyl (C=O) groups is 2. The highest BCUT2D eigenvalue weighted by molar-refractivity contribution is 5.78. The van der Waals surface area contributed by atoms with Crippen LogP contribution in [0.25, 0.3) is 0 Å². The van der Waals surface area contributed by atoms with E-state index in [0.717, 1.165) is 6.42 Å². The van der Waals surface area contributed by atoms with E-state index in [1.807, 2.05) is 20.8 Å². The molecule has 1 unspecified atom stereocenters. The summed E-state index contributed by atoms with van der Waals surface area (Å²) in [6.45, 7) is 6.99. The Morgan fingerprint density at radius 1 is 1.33 bits per heavy atom. The van der Waals surface area contributed by atoms with Gasteiger partial charge in [0.15, 0.2) is 0 Å². The highest BCUT2D eigenvalue weighted by atomic mass is 16.4. The van der Waals surface area contributed by atoms with Crippen LogP contribution in [0.2, 0.25) is 0 Å². The SMILES string of the molecule is CC(CCN)C(=O)NCCC(C)(C)CCC(=O)O. The first-order valence-electron chi connectivity index (χ1n) is 6.48. The Morgan fingerprint density at radius 3 is 2.44 bits per heavy atom. The summed E-state index contributed by atoms with van der Waals surface area (Å²) < 4.78 is 0. The number of aliphatic carboxylic acids is 1. The summed E-state index contributed by atoms with van der Waals surface area (Å²) >= 11 is 0. The normalized spacial score (nSPS) is 13.1. The highest BCUT2D eigenvalue weighted by Crippen LogP contribution is 2.26. The lowest BCUT2D eigenvalue weighted by Gasteiger charge is -2.24. The molecule has 1 amide bonds. The quantitative estimate of drug-likeness (QED) is 0.582. The van der Waals surface area contributed by atoms with Gasteiger partial charge in [0, 0.05) is 18.9 Å². The van der Waals surface area contributed by atoms with E-state index in [1.165, 1.54) is 0 Å². The second-order valence-corrected chi connectivity index (χ2v) is 5.58. The molecule has 0 radical (unpaired) electrons. The molecule has 0 aliphatic carbocycles. The summed E-state index contributed by atoms with van der Waals surface area (Å²) in [5.74, 6) is -0.810. The van der Waals surface area contributed by atoms with Gasteiger partial charge in [-0.25, -0.2) is 0 Å². The van der Waals surface area contributed by atoms with Crippen molar-refractivity contribution in [1.82, 2.24) is 5.32 Å². The molecule has 0 heterocycles. The lowest BCUT2D eigenvalue weighted by atomic mass is 9.84. The van der Waals surface area contributed by atoms with E-state index in [9.17, 15) is 9.59 Å². The minimum absolute atomic E-state index is 0.0227. The Labute approximate surface area is 109 Å². The standard InChI is InChI=1S/C13H26N2O3/c1-10(5-8-14)12(18)15-9-7-13(2,3)6-4-11(16)17/h10H,4-9,14H2,1-3H3,(H,15,18)(H,16,17). The molecule has 106 valence electrons. The second-order valence-electron chi connectivity index (χ2n) is 5.58. The molecule has 5 nitrogen and oxygen atoms in total. The molecule has 0 saturated heterocycles. The van der Waals surface area contributed by atoms with Gasteiger partial charge in [-0.3, -0.25) is 9.59 Å². The van der Waals surface area contributed by atoms with Crippen molar-refractivity contribution < 1.29 is 14.7 Å². The third-order valence-corrected chi connectivity index (χ3v) is 3.16. The maximum absolute atomic E-state index is 11.6. The Kier molecular flexibility index (Phi) is 7.59. The highest BCUT2D eigenvalue weighted by Gasteiger charge is 2.19. The van der Waals surface area contributed by atoms with Gasteiger partial charge in [-0.1, -0.05) is 20.8 Å². The molecule has 0 rings (SSSR count). The molecule has 0 aromatic carbocycles. The minimum Gasteiger partial charge on any atom is -0.481 e. The molecule has 0 aromatic rings. The summed E-state index contributed by atoms with van der Waals surface area (Å²) in [4.78, 5) is 22.1. The molecule has 1 atom stereocenters. The fraction of sp³-hybridized carbons (Fsp3) is 0.846. The van der Waals surface area contributed by atoms with Crippen LogP contribution in [0.15, 0.2) is 0 Å². The van der Waals surface area contributed by atoms with Crippen LogP contribution in [0.4, 0.5) is 0 Å². The molecular weight excluding hydrogens is 232 g/mol. The van der Waals surface area contributed by atoms with Gasteiger partial charge in [0.25, 0.3) is 0 Å². The first kappa shape index (κ1) is 16.9. The van der Waals surface area contributed by atoms with Crippen LogP contribution >= 0.6 is 0 Å². The molecular formula is C13H26N2O3. The fourth-order valence-electron chi connectivity index (χ4n) is 1.65. The van der Waals surface area contributed by atoms with Crippen LogP contribution in [0.1, 0.15) is 46.5 Å². The summed E-state index contributed by atoms with van der Waals surface area (Å²) in [6.07, 6.45) is 2.26. The Morgan fingerprint density at radius 2 is 1.94 bits per heavy atom. The van der Waals surface area contributed by atoms with E-state index in [-0.39, 0.29) is 23.7 Å². The Balaban J connectivity index is 3.88. The van der Waals surface area contributed by atoms with E-state index >= 15 is 0 Å². The Hall–Kier alpha value is -1.10. The monoisotopic (exact) mass is 258 g/mol. The second kappa shape index (κ2) is 8.08. The number of hydrogen-bond donors (Lipinski definition) is 3. The van der Waals surface area contributed by atoms with Crippen LogP contribution in [0.5, 0.6) is 0 Å².